The van der Waals surface area contributed by atoms with Crippen LogP contribution in [0.5, 0.6) is 0 Å². The van der Waals surface area contributed by atoms with Gasteiger partial charge >= 0.3 is 0 Å². The molecule has 0 saturated carbocycles. The zero-order valence-corrected chi connectivity index (χ0v) is 12.5. The molecular formula is C13H18N2O5S. The lowest BCUT2D eigenvalue weighted by Crippen LogP contribution is -2.45. The third kappa shape index (κ3) is 3.79. The van der Waals surface area contributed by atoms with Gasteiger partial charge in [0, 0.05) is 32.2 Å². The highest BCUT2D eigenvalue weighted by Crippen LogP contribution is 2.21. The lowest BCUT2D eigenvalue weighted by atomic mass is 10.0. The van der Waals surface area contributed by atoms with Crippen LogP contribution < -0.4 is 10.5 Å². The second kappa shape index (κ2) is 6.10. The van der Waals surface area contributed by atoms with E-state index in [1.54, 1.807) is 7.11 Å². The van der Waals surface area contributed by atoms with Crippen LogP contribution in [-0.2, 0) is 19.5 Å². The minimum Gasteiger partial charge on any atom is -0.378 e. The first-order chi connectivity index (χ1) is 9.86. The number of primary sulfonamides is 1. The summed E-state index contributed by atoms with van der Waals surface area (Å²) < 4.78 is 33.0. The van der Waals surface area contributed by atoms with E-state index < -0.39 is 15.6 Å². The number of hydrogen-bond donors (Lipinski definition) is 2. The van der Waals surface area contributed by atoms with Crippen LogP contribution in [-0.4, -0.2) is 46.8 Å². The molecule has 1 fully saturated rings. The van der Waals surface area contributed by atoms with Crippen molar-refractivity contribution in [3.05, 3.63) is 29.8 Å². The number of nitrogens with two attached hydrogens (primary N) is 1. The van der Waals surface area contributed by atoms with Crippen LogP contribution in [0.1, 0.15) is 16.8 Å². The summed E-state index contributed by atoms with van der Waals surface area (Å²) in [7, 11) is -2.17. The van der Waals surface area contributed by atoms with Crippen LogP contribution in [0.2, 0.25) is 0 Å². The van der Waals surface area contributed by atoms with Gasteiger partial charge in [0.2, 0.25) is 10.0 Å². The number of rotatable bonds is 5. The van der Waals surface area contributed by atoms with Gasteiger partial charge in [0.1, 0.15) is 5.60 Å². The van der Waals surface area contributed by atoms with Crippen molar-refractivity contribution in [1.29, 1.82) is 0 Å². The SMILES string of the molecule is COC1(CNC(=O)c2ccc(S(N)(=O)=O)cc2)CCOC1. The van der Waals surface area contributed by atoms with Crippen LogP contribution in [0.15, 0.2) is 29.2 Å². The predicted molar refractivity (Wildman–Crippen MR) is 75.3 cm³/mol. The Morgan fingerprint density at radius 1 is 1.43 bits per heavy atom. The fourth-order valence-electron chi connectivity index (χ4n) is 2.10. The number of hydrogen-bond acceptors (Lipinski definition) is 5. The third-order valence-electron chi connectivity index (χ3n) is 3.52. The van der Waals surface area contributed by atoms with Gasteiger partial charge < -0.3 is 14.8 Å². The highest BCUT2D eigenvalue weighted by atomic mass is 32.2. The van der Waals surface area contributed by atoms with E-state index >= 15 is 0 Å². The molecule has 1 aliphatic heterocycles. The summed E-state index contributed by atoms with van der Waals surface area (Å²) in [6, 6.07) is 5.43. The Balaban J connectivity index is 2.00. The molecule has 0 bridgehead atoms. The maximum atomic E-state index is 12.0. The second-order valence-corrected chi connectivity index (χ2v) is 6.50. The molecule has 2 rings (SSSR count). The number of methoxy groups -OCH3 is 1. The Morgan fingerprint density at radius 2 is 2.10 bits per heavy atom. The van der Waals surface area contributed by atoms with Crippen molar-refractivity contribution in [2.45, 2.75) is 16.9 Å². The zero-order valence-electron chi connectivity index (χ0n) is 11.7. The first-order valence-corrected chi connectivity index (χ1v) is 7.95. The highest BCUT2D eigenvalue weighted by Gasteiger charge is 2.35. The summed E-state index contributed by atoms with van der Waals surface area (Å²) in [5.41, 5.74) is -0.136. The first kappa shape index (κ1) is 15.9. The minimum atomic E-state index is -3.75. The van der Waals surface area contributed by atoms with Crippen molar-refractivity contribution in [3.8, 4) is 0 Å². The number of nitrogens with one attached hydrogen (secondary N) is 1. The molecule has 21 heavy (non-hydrogen) atoms. The van der Waals surface area contributed by atoms with E-state index in [-0.39, 0.29) is 10.8 Å². The molecule has 0 aliphatic carbocycles. The second-order valence-electron chi connectivity index (χ2n) is 4.94. The van der Waals surface area contributed by atoms with E-state index in [1.165, 1.54) is 24.3 Å². The molecule has 8 heteroatoms. The zero-order chi connectivity index (χ0) is 15.5. The summed E-state index contributed by atoms with van der Waals surface area (Å²) in [4.78, 5) is 12.0. The molecule has 1 aromatic rings. The number of amides is 1. The van der Waals surface area contributed by atoms with E-state index in [0.717, 1.165) is 0 Å². The Bertz CT molecular complexity index is 606. The van der Waals surface area contributed by atoms with Gasteiger partial charge in [-0.1, -0.05) is 0 Å². The number of ether oxygens (including phenoxy) is 2. The van der Waals surface area contributed by atoms with E-state index in [9.17, 15) is 13.2 Å². The number of sulfonamides is 1. The normalized spacial score (nSPS) is 22.2. The van der Waals surface area contributed by atoms with Gasteiger partial charge in [-0.25, -0.2) is 13.6 Å². The standard InChI is InChI=1S/C13H18N2O5S/c1-19-13(6-7-20-9-13)8-15-12(16)10-2-4-11(5-3-10)21(14,17)18/h2-5H,6-9H2,1H3,(H,15,16)(H2,14,17,18). The molecule has 1 aromatic carbocycles. The van der Waals surface area contributed by atoms with E-state index in [4.69, 9.17) is 14.6 Å². The van der Waals surface area contributed by atoms with Crippen molar-refractivity contribution in [2.75, 3.05) is 26.9 Å². The van der Waals surface area contributed by atoms with Gasteiger partial charge in [0.05, 0.1) is 11.5 Å². The van der Waals surface area contributed by atoms with Gasteiger partial charge in [-0.3, -0.25) is 4.79 Å². The van der Waals surface area contributed by atoms with Crippen LogP contribution in [0.4, 0.5) is 0 Å². The molecule has 0 radical (unpaired) electrons. The molecule has 7 nitrogen and oxygen atoms in total. The van der Waals surface area contributed by atoms with Crippen molar-refractivity contribution in [1.82, 2.24) is 5.32 Å². The molecule has 1 heterocycles. The Kier molecular flexibility index (Phi) is 4.62. The smallest absolute Gasteiger partial charge is 0.251 e. The number of carbonyl (C=O) groups is 1. The Labute approximate surface area is 123 Å². The van der Waals surface area contributed by atoms with Gasteiger partial charge in [-0.15, -0.1) is 0 Å². The van der Waals surface area contributed by atoms with Gasteiger partial charge in [0.25, 0.3) is 5.91 Å². The van der Waals surface area contributed by atoms with E-state index in [0.29, 0.717) is 31.7 Å². The van der Waals surface area contributed by atoms with Crippen LogP contribution in [0, 0.1) is 0 Å². The summed E-state index contributed by atoms with van der Waals surface area (Å²) in [6.45, 7) is 1.38. The summed E-state index contributed by atoms with van der Waals surface area (Å²) in [5.74, 6) is -0.306. The van der Waals surface area contributed by atoms with Crippen molar-refractivity contribution >= 4 is 15.9 Å². The van der Waals surface area contributed by atoms with Crippen LogP contribution in [0.25, 0.3) is 0 Å². The van der Waals surface area contributed by atoms with Crippen molar-refractivity contribution in [2.24, 2.45) is 5.14 Å². The van der Waals surface area contributed by atoms with Gasteiger partial charge in [-0.2, -0.15) is 0 Å². The monoisotopic (exact) mass is 314 g/mol. The molecular weight excluding hydrogens is 296 g/mol. The predicted octanol–water partition coefficient (Wildman–Crippen LogP) is -0.131. The molecule has 1 aliphatic rings. The topological polar surface area (TPSA) is 108 Å². The number of carbonyl (C=O) groups excluding carboxylic acids is 1. The van der Waals surface area contributed by atoms with Gasteiger partial charge in [-0.05, 0) is 24.3 Å². The average Bonchev–Trinajstić information content (AvgIpc) is 2.93. The largest absolute Gasteiger partial charge is 0.378 e. The quantitative estimate of drug-likeness (QED) is 0.787. The lowest BCUT2D eigenvalue weighted by Gasteiger charge is -2.25. The maximum absolute atomic E-state index is 12.0. The molecule has 1 amide bonds. The molecule has 1 unspecified atom stereocenters. The minimum absolute atomic E-state index is 0.0309. The summed E-state index contributed by atoms with van der Waals surface area (Å²) >= 11 is 0. The fraction of sp³-hybridized carbons (Fsp3) is 0.462. The van der Waals surface area contributed by atoms with Crippen molar-refractivity contribution in [3.63, 3.8) is 0 Å². The van der Waals surface area contributed by atoms with Gasteiger partial charge in [0.15, 0.2) is 0 Å². The van der Waals surface area contributed by atoms with E-state index in [2.05, 4.69) is 5.32 Å². The van der Waals surface area contributed by atoms with Crippen LogP contribution >= 0.6 is 0 Å². The summed E-state index contributed by atoms with van der Waals surface area (Å²) in [5, 5.41) is 7.77. The van der Waals surface area contributed by atoms with Crippen LogP contribution in [0.3, 0.4) is 0 Å². The Hall–Kier alpha value is -1.48. The molecule has 3 N–H and O–H groups in total. The Morgan fingerprint density at radius 3 is 2.57 bits per heavy atom. The molecule has 0 aromatic heterocycles. The average molecular weight is 314 g/mol. The number of benzene rings is 1. The summed E-state index contributed by atoms with van der Waals surface area (Å²) in [6.07, 6.45) is 0.716. The first-order valence-electron chi connectivity index (χ1n) is 6.40. The van der Waals surface area contributed by atoms with Crippen molar-refractivity contribution < 1.29 is 22.7 Å². The molecule has 1 atom stereocenters. The fourth-order valence-corrected chi connectivity index (χ4v) is 2.62. The maximum Gasteiger partial charge on any atom is 0.251 e. The molecule has 0 spiro atoms. The molecule has 116 valence electrons. The molecule has 1 saturated heterocycles. The third-order valence-corrected chi connectivity index (χ3v) is 4.45. The highest BCUT2D eigenvalue weighted by molar-refractivity contribution is 7.89. The van der Waals surface area contributed by atoms with E-state index in [1.807, 2.05) is 0 Å². The lowest BCUT2D eigenvalue weighted by molar-refractivity contribution is -0.0148.